The van der Waals surface area contributed by atoms with Crippen molar-refractivity contribution in [2.45, 2.75) is 13.1 Å². The Labute approximate surface area is 223 Å². The Kier molecular flexibility index (Phi) is 7.77. The summed E-state index contributed by atoms with van der Waals surface area (Å²) >= 11 is 0. The van der Waals surface area contributed by atoms with Crippen molar-refractivity contribution >= 4 is 39.8 Å². The van der Waals surface area contributed by atoms with E-state index in [4.69, 9.17) is 0 Å². The Balaban J connectivity index is 1.77. The zero-order chi connectivity index (χ0) is 28.5. The van der Waals surface area contributed by atoms with Crippen LogP contribution >= 0.6 is 0 Å². The number of benzene rings is 2. The van der Waals surface area contributed by atoms with Crippen LogP contribution in [0.5, 0.6) is 0 Å². The third-order valence-corrected chi connectivity index (χ3v) is 6.14. The minimum atomic E-state index is -4.70. The molecule has 206 valence electrons. The minimum absolute atomic E-state index is 0.157. The molecular weight excluding hydrogens is 514 g/mol. The van der Waals surface area contributed by atoms with E-state index in [2.05, 4.69) is 20.6 Å². The Morgan fingerprint density at radius 2 is 1.82 bits per heavy atom. The van der Waals surface area contributed by atoms with Crippen molar-refractivity contribution < 1.29 is 22.4 Å². The highest BCUT2D eigenvalue weighted by molar-refractivity contribution is 5.96. The van der Waals surface area contributed by atoms with Crippen LogP contribution in [0.1, 0.15) is 12.5 Å². The van der Waals surface area contributed by atoms with Gasteiger partial charge in [-0.1, -0.05) is 18.2 Å². The van der Waals surface area contributed by atoms with Crippen molar-refractivity contribution in [3.63, 3.8) is 0 Å². The summed E-state index contributed by atoms with van der Waals surface area (Å²) in [6.45, 7) is 2.43. The molecule has 12 heteroatoms. The van der Waals surface area contributed by atoms with E-state index in [1.807, 2.05) is 19.0 Å². The molecule has 2 aromatic heterocycles. The molecule has 0 aliphatic heterocycles. The van der Waals surface area contributed by atoms with Crippen LogP contribution in [0.15, 0.2) is 48.8 Å². The number of rotatable bonds is 8. The SMILES string of the molecule is CC(=O)Nc1cc(Nc2ncc(C(F)(F)F)c(-c3cn(C)c4ccccc34)n2)cc(F)c1N(C)CCN(C)C. The fraction of sp³-hybridized carbons (Fsp3) is 0.296. The van der Waals surface area contributed by atoms with Gasteiger partial charge in [0.25, 0.3) is 0 Å². The van der Waals surface area contributed by atoms with Crippen LogP contribution in [-0.4, -0.2) is 59.6 Å². The van der Waals surface area contributed by atoms with E-state index >= 15 is 4.39 Å². The first-order chi connectivity index (χ1) is 18.3. The molecule has 39 heavy (non-hydrogen) atoms. The van der Waals surface area contributed by atoms with Crippen LogP contribution < -0.4 is 15.5 Å². The standard InChI is InChI=1S/C27H29F4N7O/c1-16(39)33-22-13-17(12-21(28)25(22)37(4)11-10-36(2)3)34-26-32-14-20(27(29,30)31)24(35-26)19-15-38(5)23-9-7-6-8-18(19)23/h6-9,12-15H,10-11H2,1-5H3,(H,33,39)(H,32,34,35). The van der Waals surface area contributed by atoms with Gasteiger partial charge in [-0.05, 0) is 32.3 Å². The van der Waals surface area contributed by atoms with Gasteiger partial charge in [-0.15, -0.1) is 0 Å². The molecule has 2 N–H and O–H groups in total. The van der Waals surface area contributed by atoms with Crippen LogP contribution in [0.4, 0.5) is 40.6 Å². The van der Waals surface area contributed by atoms with Crippen molar-refractivity contribution in [1.29, 1.82) is 0 Å². The molecule has 0 aliphatic carbocycles. The molecule has 0 atom stereocenters. The highest BCUT2D eigenvalue weighted by atomic mass is 19.4. The molecule has 2 heterocycles. The Morgan fingerprint density at radius 1 is 1.10 bits per heavy atom. The Morgan fingerprint density at radius 3 is 2.49 bits per heavy atom. The number of carbonyl (C=O) groups excluding carboxylic acids is 1. The van der Waals surface area contributed by atoms with Gasteiger partial charge in [0.05, 0.1) is 17.1 Å². The van der Waals surface area contributed by atoms with E-state index in [1.54, 1.807) is 54.0 Å². The molecule has 4 rings (SSSR count). The zero-order valence-electron chi connectivity index (χ0n) is 22.2. The summed E-state index contributed by atoms with van der Waals surface area (Å²) in [4.78, 5) is 23.6. The van der Waals surface area contributed by atoms with Crippen LogP contribution in [0.25, 0.3) is 22.2 Å². The normalized spacial score (nSPS) is 11.7. The number of likely N-dealkylation sites (N-methyl/N-ethyl adjacent to an activating group) is 2. The molecule has 0 unspecified atom stereocenters. The number of anilines is 4. The number of halogens is 4. The molecule has 4 aromatic rings. The number of para-hydroxylation sites is 1. The lowest BCUT2D eigenvalue weighted by atomic mass is 10.1. The first-order valence-electron chi connectivity index (χ1n) is 12.1. The maximum absolute atomic E-state index is 15.3. The summed E-state index contributed by atoms with van der Waals surface area (Å²) in [6, 6.07) is 9.74. The van der Waals surface area contributed by atoms with Gasteiger partial charge >= 0.3 is 6.18 Å². The Hall–Kier alpha value is -4.19. The lowest BCUT2D eigenvalue weighted by molar-refractivity contribution is -0.137. The Bertz CT molecular complexity index is 1510. The van der Waals surface area contributed by atoms with Gasteiger partial charge < -0.3 is 25.0 Å². The number of hydrogen-bond donors (Lipinski definition) is 2. The molecule has 0 radical (unpaired) electrons. The van der Waals surface area contributed by atoms with Crippen molar-refractivity contribution in [2.75, 3.05) is 49.8 Å². The number of aryl methyl sites for hydroxylation is 1. The third-order valence-electron chi connectivity index (χ3n) is 6.14. The molecule has 0 saturated carbocycles. The molecular formula is C27H29F4N7O. The maximum atomic E-state index is 15.3. The fourth-order valence-electron chi connectivity index (χ4n) is 4.32. The van der Waals surface area contributed by atoms with E-state index in [-0.39, 0.29) is 34.3 Å². The molecule has 2 aromatic carbocycles. The predicted molar refractivity (Wildman–Crippen MR) is 145 cm³/mol. The summed E-state index contributed by atoms with van der Waals surface area (Å²) in [5.74, 6) is -1.20. The molecule has 0 spiro atoms. The number of hydrogen-bond acceptors (Lipinski definition) is 6. The van der Waals surface area contributed by atoms with Gasteiger partial charge in [-0.3, -0.25) is 4.79 Å². The number of carbonyl (C=O) groups is 1. The zero-order valence-corrected chi connectivity index (χ0v) is 22.2. The van der Waals surface area contributed by atoms with Gasteiger partial charge in [-0.25, -0.2) is 14.4 Å². The number of nitrogens with one attached hydrogen (secondary N) is 2. The average molecular weight is 544 g/mol. The predicted octanol–water partition coefficient (Wildman–Crippen LogP) is 5.49. The van der Waals surface area contributed by atoms with Gasteiger partial charge in [-0.2, -0.15) is 13.2 Å². The summed E-state index contributed by atoms with van der Waals surface area (Å²) < 4.78 is 58.9. The summed E-state index contributed by atoms with van der Waals surface area (Å²) in [6.07, 6.45) is -2.41. The first kappa shape index (κ1) is 27.8. The summed E-state index contributed by atoms with van der Waals surface area (Å²) in [5, 5.41) is 6.03. The number of amides is 1. The van der Waals surface area contributed by atoms with Gasteiger partial charge in [0.2, 0.25) is 11.9 Å². The first-order valence-corrected chi connectivity index (χ1v) is 12.1. The lowest BCUT2D eigenvalue weighted by Gasteiger charge is -2.25. The van der Waals surface area contributed by atoms with E-state index in [0.29, 0.717) is 24.7 Å². The highest BCUT2D eigenvalue weighted by Gasteiger charge is 2.36. The summed E-state index contributed by atoms with van der Waals surface area (Å²) in [5.41, 5.74) is 0.268. The smallest absolute Gasteiger partial charge is 0.369 e. The fourth-order valence-corrected chi connectivity index (χ4v) is 4.32. The topological polar surface area (TPSA) is 78.3 Å². The van der Waals surface area contributed by atoms with Crippen LogP contribution in [0.2, 0.25) is 0 Å². The molecule has 1 amide bonds. The molecule has 0 aliphatic rings. The van der Waals surface area contributed by atoms with Crippen LogP contribution in [-0.2, 0) is 18.0 Å². The molecule has 0 bridgehead atoms. The minimum Gasteiger partial charge on any atom is -0.369 e. The van der Waals surface area contributed by atoms with E-state index < -0.39 is 23.5 Å². The quantitative estimate of drug-likeness (QED) is 0.286. The monoisotopic (exact) mass is 543 g/mol. The van der Waals surface area contributed by atoms with Gasteiger partial charge in [0, 0.05) is 68.7 Å². The van der Waals surface area contributed by atoms with E-state index in [9.17, 15) is 18.0 Å². The third kappa shape index (κ3) is 6.11. The average Bonchev–Trinajstić information content (AvgIpc) is 3.18. The van der Waals surface area contributed by atoms with Gasteiger partial charge in [0.15, 0.2) is 5.82 Å². The maximum Gasteiger partial charge on any atom is 0.419 e. The lowest BCUT2D eigenvalue weighted by Crippen LogP contribution is -2.30. The van der Waals surface area contributed by atoms with Crippen molar-refractivity contribution in [3.8, 4) is 11.3 Å². The largest absolute Gasteiger partial charge is 0.419 e. The van der Waals surface area contributed by atoms with E-state index in [1.165, 1.54) is 19.1 Å². The van der Waals surface area contributed by atoms with Crippen LogP contribution in [0.3, 0.4) is 0 Å². The van der Waals surface area contributed by atoms with Crippen LogP contribution in [0, 0.1) is 5.82 Å². The van der Waals surface area contributed by atoms with E-state index in [0.717, 1.165) is 5.52 Å². The number of aromatic nitrogens is 3. The second-order valence-corrected chi connectivity index (χ2v) is 9.51. The van der Waals surface area contributed by atoms with Crippen molar-refractivity contribution in [2.24, 2.45) is 7.05 Å². The second-order valence-electron chi connectivity index (χ2n) is 9.51. The second kappa shape index (κ2) is 10.9. The number of nitrogens with zero attached hydrogens (tertiary/aromatic N) is 5. The van der Waals surface area contributed by atoms with Crippen molar-refractivity contribution in [1.82, 2.24) is 19.4 Å². The number of alkyl halides is 3. The molecule has 0 fully saturated rings. The molecule has 8 nitrogen and oxygen atoms in total. The number of fused-ring (bicyclic) bond motifs is 1. The highest BCUT2D eigenvalue weighted by Crippen LogP contribution is 2.40. The van der Waals surface area contributed by atoms with Gasteiger partial charge in [0.1, 0.15) is 5.56 Å². The summed E-state index contributed by atoms with van der Waals surface area (Å²) in [7, 11) is 7.23. The molecule has 0 saturated heterocycles. The van der Waals surface area contributed by atoms with Crippen molar-refractivity contribution in [3.05, 3.63) is 60.2 Å².